The number of nitrogens with zero attached hydrogens (tertiary/aromatic N) is 2. The van der Waals surface area contributed by atoms with Gasteiger partial charge in [-0.3, -0.25) is 0 Å². The van der Waals surface area contributed by atoms with E-state index >= 15 is 0 Å². The van der Waals surface area contributed by atoms with Crippen LogP contribution in [0.25, 0.3) is 22.0 Å². The van der Waals surface area contributed by atoms with Gasteiger partial charge in [-0.15, -0.1) is 0 Å². The van der Waals surface area contributed by atoms with Gasteiger partial charge in [0.15, 0.2) is 0 Å². The molecule has 0 spiro atoms. The van der Waals surface area contributed by atoms with Gasteiger partial charge in [0, 0.05) is 54.9 Å². The molecule has 1 N–H and O–H groups in total. The van der Waals surface area contributed by atoms with Crippen molar-refractivity contribution in [3.63, 3.8) is 0 Å². The Labute approximate surface area is 160 Å². The van der Waals surface area contributed by atoms with E-state index in [-0.39, 0.29) is 5.82 Å². The van der Waals surface area contributed by atoms with Crippen molar-refractivity contribution in [1.82, 2.24) is 14.8 Å². The SMILES string of the molecule is CNCCN1CCC(n2cc(-c3ccc(F)cc3)c3cc(C)ccc32)CC1. The Morgan fingerprint density at radius 2 is 1.81 bits per heavy atom. The monoisotopic (exact) mass is 365 g/mol. The lowest BCUT2D eigenvalue weighted by molar-refractivity contribution is 0.190. The van der Waals surface area contributed by atoms with Crippen LogP contribution in [-0.4, -0.2) is 42.7 Å². The molecule has 1 saturated heterocycles. The van der Waals surface area contributed by atoms with E-state index in [2.05, 4.69) is 46.1 Å². The summed E-state index contributed by atoms with van der Waals surface area (Å²) in [5.41, 5.74) is 4.82. The van der Waals surface area contributed by atoms with E-state index in [9.17, 15) is 4.39 Å². The van der Waals surface area contributed by atoms with Crippen molar-refractivity contribution in [2.45, 2.75) is 25.8 Å². The van der Waals surface area contributed by atoms with E-state index in [4.69, 9.17) is 0 Å². The molecule has 0 atom stereocenters. The van der Waals surface area contributed by atoms with Gasteiger partial charge in [-0.2, -0.15) is 0 Å². The highest BCUT2D eigenvalue weighted by Crippen LogP contribution is 2.36. The number of fused-ring (bicyclic) bond motifs is 1. The highest BCUT2D eigenvalue weighted by molar-refractivity contribution is 5.96. The van der Waals surface area contributed by atoms with Crippen LogP contribution in [-0.2, 0) is 0 Å². The van der Waals surface area contributed by atoms with Crippen LogP contribution in [0, 0.1) is 12.7 Å². The summed E-state index contributed by atoms with van der Waals surface area (Å²) < 4.78 is 15.8. The molecule has 0 bridgehead atoms. The Morgan fingerprint density at radius 1 is 1.07 bits per heavy atom. The molecule has 1 aromatic heterocycles. The molecule has 0 saturated carbocycles. The van der Waals surface area contributed by atoms with E-state index in [1.807, 2.05) is 19.2 Å². The number of nitrogens with one attached hydrogen (secondary N) is 1. The van der Waals surface area contributed by atoms with E-state index in [1.54, 1.807) is 12.1 Å². The number of hydrogen-bond donors (Lipinski definition) is 1. The number of aryl methyl sites for hydroxylation is 1. The smallest absolute Gasteiger partial charge is 0.123 e. The van der Waals surface area contributed by atoms with Crippen LogP contribution < -0.4 is 5.32 Å². The summed E-state index contributed by atoms with van der Waals surface area (Å²) in [5, 5.41) is 4.50. The van der Waals surface area contributed by atoms with Crippen molar-refractivity contribution in [1.29, 1.82) is 0 Å². The largest absolute Gasteiger partial charge is 0.344 e. The molecular weight excluding hydrogens is 337 g/mol. The Morgan fingerprint density at radius 3 is 2.52 bits per heavy atom. The zero-order valence-electron chi connectivity index (χ0n) is 16.2. The van der Waals surface area contributed by atoms with Gasteiger partial charge < -0.3 is 14.8 Å². The zero-order valence-corrected chi connectivity index (χ0v) is 16.2. The molecule has 3 nitrogen and oxygen atoms in total. The molecule has 27 heavy (non-hydrogen) atoms. The minimum absolute atomic E-state index is 0.187. The maximum atomic E-state index is 13.4. The molecular formula is C23H28FN3. The molecule has 1 aliphatic rings. The number of likely N-dealkylation sites (N-methyl/N-ethyl adjacent to an activating group) is 1. The summed E-state index contributed by atoms with van der Waals surface area (Å²) in [6.07, 6.45) is 4.62. The summed E-state index contributed by atoms with van der Waals surface area (Å²) in [5.74, 6) is -0.187. The molecule has 4 heteroatoms. The number of likely N-dealkylation sites (tertiary alicyclic amines) is 1. The number of aromatic nitrogens is 1. The van der Waals surface area contributed by atoms with E-state index in [1.165, 1.54) is 34.9 Å². The quantitative estimate of drug-likeness (QED) is 0.712. The number of halogens is 1. The Balaban J connectivity index is 1.67. The summed E-state index contributed by atoms with van der Waals surface area (Å²) >= 11 is 0. The molecule has 142 valence electrons. The van der Waals surface area contributed by atoms with Gasteiger partial charge in [0.05, 0.1) is 0 Å². The lowest BCUT2D eigenvalue weighted by atomic mass is 10.0. The molecule has 0 radical (unpaired) electrons. The molecule has 3 aromatic rings. The van der Waals surface area contributed by atoms with Gasteiger partial charge in [-0.05, 0) is 56.6 Å². The van der Waals surface area contributed by atoms with Crippen molar-refractivity contribution in [2.24, 2.45) is 0 Å². The average Bonchev–Trinajstić information content (AvgIpc) is 3.06. The van der Waals surface area contributed by atoms with Crippen molar-refractivity contribution >= 4 is 10.9 Å². The summed E-state index contributed by atoms with van der Waals surface area (Å²) in [4.78, 5) is 2.55. The second-order valence-electron chi connectivity index (χ2n) is 7.65. The number of hydrogen-bond acceptors (Lipinski definition) is 2. The van der Waals surface area contributed by atoms with Crippen LogP contribution in [0.1, 0.15) is 24.4 Å². The first-order valence-electron chi connectivity index (χ1n) is 9.90. The Bertz CT molecular complexity index is 905. The fourth-order valence-electron chi connectivity index (χ4n) is 4.22. The lowest BCUT2D eigenvalue weighted by Gasteiger charge is -2.33. The third kappa shape index (κ3) is 3.78. The first-order valence-corrected chi connectivity index (χ1v) is 9.90. The molecule has 2 heterocycles. The van der Waals surface area contributed by atoms with Gasteiger partial charge in [0.25, 0.3) is 0 Å². The second kappa shape index (κ2) is 7.83. The predicted molar refractivity (Wildman–Crippen MR) is 111 cm³/mol. The van der Waals surface area contributed by atoms with Gasteiger partial charge in [0.1, 0.15) is 5.82 Å². The molecule has 0 unspecified atom stereocenters. The van der Waals surface area contributed by atoms with E-state index in [0.717, 1.165) is 31.7 Å². The normalized spacial score (nSPS) is 16.3. The number of benzene rings is 2. The van der Waals surface area contributed by atoms with Crippen LogP contribution >= 0.6 is 0 Å². The molecule has 4 rings (SSSR count). The fourth-order valence-corrected chi connectivity index (χ4v) is 4.22. The zero-order chi connectivity index (χ0) is 18.8. The number of piperidine rings is 1. The van der Waals surface area contributed by atoms with Crippen molar-refractivity contribution in [3.8, 4) is 11.1 Å². The first kappa shape index (κ1) is 18.2. The van der Waals surface area contributed by atoms with Gasteiger partial charge in [-0.25, -0.2) is 4.39 Å². The maximum Gasteiger partial charge on any atom is 0.123 e. The van der Waals surface area contributed by atoms with Crippen LogP contribution in [0.3, 0.4) is 0 Å². The van der Waals surface area contributed by atoms with Crippen LogP contribution in [0.2, 0.25) is 0 Å². The van der Waals surface area contributed by atoms with Crippen LogP contribution in [0.15, 0.2) is 48.7 Å². The van der Waals surface area contributed by atoms with Crippen molar-refractivity contribution in [3.05, 3.63) is 60.0 Å². The summed E-state index contributed by atoms with van der Waals surface area (Å²) in [6.45, 7) is 6.58. The predicted octanol–water partition coefficient (Wildman–Crippen LogP) is 4.61. The Hall–Kier alpha value is -2.17. The topological polar surface area (TPSA) is 20.2 Å². The third-order valence-electron chi connectivity index (χ3n) is 5.77. The molecule has 0 amide bonds. The lowest BCUT2D eigenvalue weighted by Crippen LogP contribution is -2.38. The molecule has 2 aromatic carbocycles. The standard InChI is InChI=1S/C23H28FN3/c1-17-3-8-23-21(15-17)22(18-4-6-19(24)7-5-18)16-27(23)20-9-12-26(13-10-20)14-11-25-2/h3-8,15-16,20,25H,9-14H2,1-2H3. The maximum absolute atomic E-state index is 13.4. The fraction of sp³-hybridized carbons (Fsp3) is 0.391. The minimum atomic E-state index is -0.187. The van der Waals surface area contributed by atoms with Crippen molar-refractivity contribution < 1.29 is 4.39 Å². The van der Waals surface area contributed by atoms with Gasteiger partial charge >= 0.3 is 0 Å². The summed E-state index contributed by atoms with van der Waals surface area (Å²) in [7, 11) is 2.01. The van der Waals surface area contributed by atoms with Crippen LogP contribution in [0.4, 0.5) is 4.39 Å². The molecule has 0 aliphatic carbocycles. The first-order chi connectivity index (χ1) is 13.2. The van der Waals surface area contributed by atoms with Crippen LogP contribution in [0.5, 0.6) is 0 Å². The highest BCUT2D eigenvalue weighted by Gasteiger charge is 2.22. The molecule has 1 fully saturated rings. The van der Waals surface area contributed by atoms with Gasteiger partial charge in [-0.1, -0.05) is 23.8 Å². The van der Waals surface area contributed by atoms with E-state index in [0.29, 0.717) is 6.04 Å². The molecule has 1 aliphatic heterocycles. The van der Waals surface area contributed by atoms with Gasteiger partial charge in [0.2, 0.25) is 0 Å². The Kier molecular flexibility index (Phi) is 5.28. The summed E-state index contributed by atoms with van der Waals surface area (Å²) in [6, 6.07) is 14.1. The minimum Gasteiger partial charge on any atom is -0.344 e. The number of rotatable bonds is 5. The van der Waals surface area contributed by atoms with E-state index < -0.39 is 0 Å². The average molecular weight is 365 g/mol. The van der Waals surface area contributed by atoms with Crippen molar-refractivity contribution in [2.75, 3.05) is 33.2 Å². The third-order valence-corrected chi connectivity index (χ3v) is 5.77. The second-order valence-corrected chi connectivity index (χ2v) is 7.65. The highest BCUT2D eigenvalue weighted by atomic mass is 19.1.